The maximum absolute atomic E-state index is 12.6. The van der Waals surface area contributed by atoms with E-state index in [0.29, 0.717) is 0 Å². The van der Waals surface area contributed by atoms with Crippen LogP contribution in [0.1, 0.15) is 33.8 Å². The van der Waals surface area contributed by atoms with Gasteiger partial charge >= 0.3 is 0 Å². The minimum Gasteiger partial charge on any atom is -0.384 e. The number of rotatable bonds is 3. The predicted molar refractivity (Wildman–Crippen MR) is 83.5 cm³/mol. The van der Waals surface area contributed by atoms with Gasteiger partial charge in [-0.15, -0.1) is 11.3 Å². The van der Waals surface area contributed by atoms with Crippen LogP contribution in [0.25, 0.3) is 0 Å². The maximum Gasteiger partial charge on any atom is 0.254 e. The number of hydrogen-bond acceptors (Lipinski definition) is 3. The highest BCUT2D eigenvalue weighted by atomic mass is 32.1. The third-order valence-electron chi connectivity index (χ3n) is 3.92. The van der Waals surface area contributed by atoms with Crippen LogP contribution in [0.2, 0.25) is 0 Å². The van der Waals surface area contributed by atoms with Gasteiger partial charge in [-0.2, -0.15) is 0 Å². The molecule has 3 rings (SSSR count). The molecule has 1 N–H and O–H groups in total. The van der Waals surface area contributed by atoms with Gasteiger partial charge in [-0.3, -0.25) is 4.79 Å². The number of carbonyl (C=O) groups excluding carboxylic acids is 1. The smallest absolute Gasteiger partial charge is 0.254 e. The van der Waals surface area contributed by atoms with E-state index in [9.17, 15) is 4.79 Å². The minimum atomic E-state index is 0.0839. The van der Waals surface area contributed by atoms with Gasteiger partial charge in [0.15, 0.2) is 0 Å². The van der Waals surface area contributed by atoms with E-state index in [1.807, 2.05) is 41.6 Å². The van der Waals surface area contributed by atoms with Crippen LogP contribution in [-0.4, -0.2) is 24.4 Å². The van der Waals surface area contributed by atoms with Gasteiger partial charge in [-0.1, -0.05) is 6.07 Å². The van der Waals surface area contributed by atoms with Crippen LogP contribution in [0.4, 0.5) is 5.69 Å². The molecule has 1 aliphatic rings. The summed E-state index contributed by atoms with van der Waals surface area (Å²) in [5.41, 5.74) is 3.18. The van der Waals surface area contributed by atoms with Crippen molar-refractivity contribution in [2.75, 3.05) is 18.9 Å². The summed E-state index contributed by atoms with van der Waals surface area (Å²) in [5.74, 6) is 0.0839. The van der Waals surface area contributed by atoms with E-state index in [1.165, 1.54) is 10.4 Å². The summed E-state index contributed by atoms with van der Waals surface area (Å²) in [4.78, 5) is 15.6. The standard InChI is InChI=1S/C16H18N2OS/c1-11(15-4-3-9-20-15)18(2)16(19)13-5-6-14-12(10-13)7-8-17-14/h3-6,9-11,17H,7-8H2,1-2H3/t11-/m0/s1. The second-order valence-corrected chi connectivity index (χ2v) is 6.14. The lowest BCUT2D eigenvalue weighted by Crippen LogP contribution is -2.29. The van der Waals surface area contributed by atoms with Gasteiger partial charge in [0.05, 0.1) is 6.04 Å². The predicted octanol–water partition coefficient (Wildman–Crippen LogP) is 3.55. The molecule has 0 saturated carbocycles. The lowest BCUT2D eigenvalue weighted by Gasteiger charge is -2.24. The van der Waals surface area contributed by atoms with Crippen LogP contribution in [0, 0.1) is 0 Å². The molecule has 20 heavy (non-hydrogen) atoms. The molecule has 2 heterocycles. The molecule has 0 aliphatic carbocycles. The van der Waals surface area contributed by atoms with Crippen molar-refractivity contribution in [1.82, 2.24) is 4.90 Å². The van der Waals surface area contributed by atoms with Crippen LogP contribution in [0.5, 0.6) is 0 Å². The van der Waals surface area contributed by atoms with Gasteiger partial charge in [0.2, 0.25) is 0 Å². The fraction of sp³-hybridized carbons (Fsp3) is 0.312. The van der Waals surface area contributed by atoms with E-state index in [1.54, 1.807) is 11.3 Å². The molecule has 1 atom stereocenters. The molecule has 1 aliphatic heterocycles. The zero-order chi connectivity index (χ0) is 14.1. The second-order valence-electron chi connectivity index (χ2n) is 5.16. The molecule has 1 aromatic carbocycles. The number of anilines is 1. The topological polar surface area (TPSA) is 32.3 Å². The van der Waals surface area contributed by atoms with Crippen molar-refractivity contribution in [3.8, 4) is 0 Å². The maximum atomic E-state index is 12.6. The first-order chi connectivity index (χ1) is 9.66. The zero-order valence-electron chi connectivity index (χ0n) is 11.7. The number of nitrogens with one attached hydrogen (secondary N) is 1. The molecule has 2 aromatic rings. The molecule has 4 heteroatoms. The Morgan fingerprint density at radius 2 is 2.25 bits per heavy atom. The first kappa shape index (κ1) is 13.2. The fourth-order valence-electron chi connectivity index (χ4n) is 2.54. The summed E-state index contributed by atoms with van der Waals surface area (Å²) in [6.07, 6.45) is 1.00. The van der Waals surface area contributed by atoms with Crippen molar-refractivity contribution in [2.45, 2.75) is 19.4 Å². The number of benzene rings is 1. The Labute approximate surface area is 123 Å². The number of hydrogen-bond donors (Lipinski definition) is 1. The number of amides is 1. The summed E-state index contributed by atoms with van der Waals surface area (Å²) in [6.45, 7) is 3.03. The van der Waals surface area contributed by atoms with Gasteiger partial charge in [0.25, 0.3) is 5.91 Å². The fourth-order valence-corrected chi connectivity index (χ4v) is 3.36. The molecular weight excluding hydrogens is 268 g/mol. The Morgan fingerprint density at radius 1 is 1.40 bits per heavy atom. The molecule has 1 aromatic heterocycles. The van der Waals surface area contributed by atoms with E-state index in [0.717, 1.165) is 24.2 Å². The first-order valence-electron chi connectivity index (χ1n) is 6.84. The summed E-state index contributed by atoms with van der Waals surface area (Å²) in [7, 11) is 1.87. The SMILES string of the molecule is C[C@@H](c1cccs1)N(C)C(=O)c1ccc2c(c1)CCN2. The third kappa shape index (κ3) is 2.31. The van der Waals surface area contributed by atoms with Gasteiger partial charge in [-0.05, 0) is 48.6 Å². The molecule has 0 radical (unpaired) electrons. The highest BCUT2D eigenvalue weighted by Gasteiger charge is 2.21. The largest absolute Gasteiger partial charge is 0.384 e. The van der Waals surface area contributed by atoms with Gasteiger partial charge in [0, 0.05) is 29.7 Å². The van der Waals surface area contributed by atoms with Crippen molar-refractivity contribution in [3.05, 3.63) is 51.7 Å². The average Bonchev–Trinajstić information content (AvgIpc) is 3.14. The van der Waals surface area contributed by atoms with Crippen molar-refractivity contribution >= 4 is 22.9 Å². The lowest BCUT2D eigenvalue weighted by atomic mass is 10.1. The summed E-state index contributed by atoms with van der Waals surface area (Å²) >= 11 is 1.69. The second kappa shape index (κ2) is 5.29. The molecule has 0 bridgehead atoms. The van der Waals surface area contributed by atoms with Crippen LogP contribution in [0.15, 0.2) is 35.7 Å². The zero-order valence-corrected chi connectivity index (χ0v) is 12.5. The van der Waals surface area contributed by atoms with Crippen molar-refractivity contribution < 1.29 is 4.79 Å². The number of thiophene rings is 1. The quantitative estimate of drug-likeness (QED) is 0.936. The van der Waals surface area contributed by atoms with E-state index >= 15 is 0 Å². The van der Waals surface area contributed by atoms with Crippen molar-refractivity contribution in [3.63, 3.8) is 0 Å². The Kier molecular flexibility index (Phi) is 3.49. The molecule has 0 fully saturated rings. The molecular formula is C16H18N2OS. The van der Waals surface area contributed by atoms with Crippen LogP contribution >= 0.6 is 11.3 Å². The average molecular weight is 286 g/mol. The van der Waals surface area contributed by atoms with Crippen LogP contribution in [0.3, 0.4) is 0 Å². The number of carbonyl (C=O) groups is 1. The lowest BCUT2D eigenvalue weighted by molar-refractivity contribution is 0.0745. The Bertz CT molecular complexity index is 621. The minimum absolute atomic E-state index is 0.0839. The van der Waals surface area contributed by atoms with Gasteiger partial charge < -0.3 is 10.2 Å². The summed E-state index contributed by atoms with van der Waals surface area (Å²) < 4.78 is 0. The van der Waals surface area contributed by atoms with E-state index in [2.05, 4.69) is 18.3 Å². The Balaban J connectivity index is 1.81. The van der Waals surface area contributed by atoms with Gasteiger partial charge in [0.1, 0.15) is 0 Å². The monoisotopic (exact) mass is 286 g/mol. The molecule has 1 amide bonds. The molecule has 0 spiro atoms. The number of fused-ring (bicyclic) bond motifs is 1. The summed E-state index contributed by atoms with van der Waals surface area (Å²) in [5, 5.41) is 5.36. The number of nitrogens with zero attached hydrogens (tertiary/aromatic N) is 1. The van der Waals surface area contributed by atoms with E-state index in [-0.39, 0.29) is 11.9 Å². The third-order valence-corrected chi connectivity index (χ3v) is 4.96. The highest BCUT2D eigenvalue weighted by molar-refractivity contribution is 7.10. The van der Waals surface area contributed by atoms with Crippen LogP contribution < -0.4 is 5.32 Å². The molecule has 104 valence electrons. The van der Waals surface area contributed by atoms with Gasteiger partial charge in [-0.25, -0.2) is 0 Å². The molecule has 3 nitrogen and oxygen atoms in total. The normalized spacial score (nSPS) is 14.5. The van der Waals surface area contributed by atoms with Crippen molar-refractivity contribution in [2.24, 2.45) is 0 Å². The van der Waals surface area contributed by atoms with E-state index < -0.39 is 0 Å². The van der Waals surface area contributed by atoms with Crippen molar-refractivity contribution in [1.29, 1.82) is 0 Å². The first-order valence-corrected chi connectivity index (χ1v) is 7.72. The molecule has 0 saturated heterocycles. The van der Waals surface area contributed by atoms with Crippen LogP contribution in [-0.2, 0) is 6.42 Å². The highest BCUT2D eigenvalue weighted by Crippen LogP contribution is 2.27. The van der Waals surface area contributed by atoms with E-state index in [4.69, 9.17) is 0 Å². The summed E-state index contributed by atoms with van der Waals surface area (Å²) in [6, 6.07) is 10.2. The Morgan fingerprint density at radius 3 is 3.00 bits per heavy atom. The molecule has 0 unspecified atom stereocenters. The Hall–Kier alpha value is -1.81.